The molecule has 0 aromatic carbocycles. The van der Waals surface area contributed by atoms with Crippen molar-refractivity contribution < 1.29 is 9.74 Å². The van der Waals surface area contributed by atoms with Gasteiger partial charge >= 0.3 is 0 Å². The molecular formula is C3H7NO2. The normalized spacial score (nSPS) is 7.50. The first-order chi connectivity index (χ1) is 2.77. The number of hydrogen-bond acceptors (Lipinski definition) is 2. The second kappa shape index (κ2) is 2.50. The van der Waals surface area contributed by atoms with Crippen molar-refractivity contribution >= 4 is 6.72 Å². The van der Waals surface area contributed by atoms with E-state index in [0.29, 0.717) is 6.61 Å². The van der Waals surface area contributed by atoms with Crippen LogP contribution in [0.15, 0.2) is 0 Å². The fourth-order valence-corrected chi connectivity index (χ4v) is 0.144. The van der Waals surface area contributed by atoms with Crippen molar-refractivity contribution in [3.05, 3.63) is 5.21 Å². The van der Waals surface area contributed by atoms with Crippen LogP contribution < -0.4 is 0 Å². The minimum absolute atomic E-state index is 0.181. The van der Waals surface area contributed by atoms with Gasteiger partial charge in [-0.25, -0.2) is 0 Å². The van der Waals surface area contributed by atoms with Gasteiger partial charge in [-0.1, -0.05) is 6.92 Å². The van der Waals surface area contributed by atoms with Gasteiger partial charge in [0.25, 0.3) is 0 Å². The Balaban J connectivity index is 2.83. The van der Waals surface area contributed by atoms with Gasteiger partial charge in [0.05, 0.1) is 6.61 Å². The van der Waals surface area contributed by atoms with Gasteiger partial charge in [-0.15, -0.1) is 0 Å². The van der Waals surface area contributed by atoms with Gasteiger partial charge in [0.1, 0.15) is 0 Å². The standard InChI is InChI=1S/C3H7NO2/c1-3-6-4(2)5/h2-3H2,1H3. The summed E-state index contributed by atoms with van der Waals surface area (Å²) in [7, 11) is 0. The molecule has 0 aliphatic rings. The summed E-state index contributed by atoms with van der Waals surface area (Å²) in [4.78, 5) is 4.39. The van der Waals surface area contributed by atoms with E-state index in [1.807, 2.05) is 0 Å². The second-order valence-electron chi connectivity index (χ2n) is 0.751. The molecule has 3 heteroatoms. The Morgan fingerprint density at radius 3 is 2.50 bits per heavy atom. The molecule has 36 valence electrons. The second-order valence-corrected chi connectivity index (χ2v) is 0.751. The zero-order valence-electron chi connectivity index (χ0n) is 3.68. The summed E-state index contributed by atoms with van der Waals surface area (Å²) in [6.07, 6.45) is 0. The van der Waals surface area contributed by atoms with Crippen LogP contribution in [0.1, 0.15) is 6.92 Å². The van der Waals surface area contributed by atoms with Crippen LogP contribution in [0.5, 0.6) is 0 Å². The molecule has 0 atom stereocenters. The number of nitrogens with zero attached hydrogens (tertiary/aromatic N) is 1. The van der Waals surface area contributed by atoms with Crippen molar-refractivity contribution in [3.8, 4) is 0 Å². The zero-order chi connectivity index (χ0) is 4.99. The molecule has 0 amide bonds. The summed E-state index contributed by atoms with van der Waals surface area (Å²) in [5.74, 6) is 0. The minimum atomic E-state index is 0.181. The monoisotopic (exact) mass is 89.0 g/mol. The smallest absolute Gasteiger partial charge is 0.198 e. The largest absolute Gasteiger partial charge is 0.404 e. The maximum Gasteiger partial charge on any atom is 0.198 e. The minimum Gasteiger partial charge on any atom is -0.404 e. The molecule has 0 radical (unpaired) electrons. The van der Waals surface area contributed by atoms with E-state index in [1.54, 1.807) is 6.92 Å². The third-order valence-corrected chi connectivity index (χ3v) is 0.273. The maximum absolute atomic E-state index is 9.63. The highest BCUT2D eigenvalue weighted by atomic mass is 16.9. The van der Waals surface area contributed by atoms with Crippen molar-refractivity contribution in [2.24, 2.45) is 0 Å². The Bertz CT molecular complexity index is 52.8. The average molecular weight is 89.1 g/mol. The van der Waals surface area contributed by atoms with Crippen molar-refractivity contribution in [1.29, 1.82) is 0 Å². The SMILES string of the molecule is C=[N+]([O-])OCC. The molecule has 3 nitrogen and oxygen atoms in total. The highest BCUT2D eigenvalue weighted by Crippen LogP contribution is 1.66. The number of hydrogen-bond donors (Lipinski definition) is 0. The zero-order valence-corrected chi connectivity index (χ0v) is 3.68. The van der Waals surface area contributed by atoms with E-state index in [-0.39, 0.29) is 4.90 Å². The van der Waals surface area contributed by atoms with E-state index in [0.717, 1.165) is 0 Å². The van der Waals surface area contributed by atoms with Gasteiger partial charge < -0.3 is 4.84 Å². The van der Waals surface area contributed by atoms with E-state index >= 15 is 0 Å². The van der Waals surface area contributed by atoms with Crippen molar-refractivity contribution in [2.75, 3.05) is 6.61 Å². The summed E-state index contributed by atoms with van der Waals surface area (Å²) in [5, 5.41) is 9.63. The predicted molar refractivity (Wildman–Crippen MR) is 22.4 cm³/mol. The van der Waals surface area contributed by atoms with Gasteiger partial charge in [-0.2, -0.15) is 0 Å². The average Bonchev–Trinajstić information content (AvgIpc) is 1.35. The molecule has 0 spiro atoms. The topological polar surface area (TPSA) is 35.3 Å². The molecule has 0 saturated carbocycles. The van der Waals surface area contributed by atoms with Crippen LogP contribution in [-0.4, -0.2) is 18.2 Å². The highest BCUT2D eigenvalue weighted by Gasteiger charge is 1.71. The number of rotatable bonds is 2. The Labute approximate surface area is 36.4 Å². The quantitative estimate of drug-likeness (QED) is 0.274. The van der Waals surface area contributed by atoms with Crippen LogP contribution in [0.25, 0.3) is 0 Å². The molecule has 6 heavy (non-hydrogen) atoms. The van der Waals surface area contributed by atoms with Crippen molar-refractivity contribution in [1.82, 2.24) is 0 Å². The van der Waals surface area contributed by atoms with Gasteiger partial charge in [0, 0.05) is 4.90 Å². The lowest BCUT2D eigenvalue weighted by atomic mass is 10.9. The molecule has 0 aliphatic heterocycles. The van der Waals surface area contributed by atoms with E-state index in [2.05, 4.69) is 11.6 Å². The predicted octanol–water partition coefficient (Wildman–Crippen LogP) is 0.149. The molecule has 0 aromatic heterocycles. The van der Waals surface area contributed by atoms with Crippen LogP contribution in [0.4, 0.5) is 0 Å². The maximum atomic E-state index is 9.63. The highest BCUT2D eigenvalue weighted by molar-refractivity contribution is 5.13. The van der Waals surface area contributed by atoms with Crippen LogP contribution in [0, 0.1) is 5.21 Å². The fourth-order valence-electron chi connectivity index (χ4n) is 0.144. The van der Waals surface area contributed by atoms with E-state index in [4.69, 9.17) is 0 Å². The van der Waals surface area contributed by atoms with E-state index in [9.17, 15) is 5.21 Å². The summed E-state index contributed by atoms with van der Waals surface area (Å²) < 4.78 is 0. The molecule has 0 N–H and O–H groups in total. The Morgan fingerprint density at radius 1 is 2.00 bits per heavy atom. The Hall–Kier alpha value is -0.730. The first-order valence-corrected chi connectivity index (χ1v) is 1.68. The molecular weight excluding hydrogens is 82.0 g/mol. The van der Waals surface area contributed by atoms with Crippen LogP contribution in [0.2, 0.25) is 0 Å². The molecule has 0 saturated heterocycles. The lowest BCUT2D eigenvalue weighted by Crippen LogP contribution is -1.99. The molecule has 0 fully saturated rings. The molecule has 0 aliphatic carbocycles. The van der Waals surface area contributed by atoms with Crippen molar-refractivity contribution in [3.63, 3.8) is 0 Å². The van der Waals surface area contributed by atoms with E-state index in [1.165, 1.54) is 0 Å². The Morgan fingerprint density at radius 2 is 2.50 bits per heavy atom. The van der Waals surface area contributed by atoms with E-state index < -0.39 is 0 Å². The lowest BCUT2D eigenvalue weighted by molar-refractivity contribution is -0.734. The molecule has 0 unspecified atom stereocenters. The third-order valence-electron chi connectivity index (χ3n) is 0.273. The summed E-state index contributed by atoms with van der Waals surface area (Å²) in [6.45, 7) is 4.98. The van der Waals surface area contributed by atoms with Crippen molar-refractivity contribution in [2.45, 2.75) is 6.92 Å². The summed E-state index contributed by atoms with van der Waals surface area (Å²) in [5.41, 5.74) is 0. The Kier molecular flexibility index (Phi) is 2.20. The fraction of sp³-hybridized carbons (Fsp3) is 0.667. The first-order valence-electron chi connectivity index (χ1n) is 1.68. The van der Waals surface area contributed by atoms with Gasteiger partial charge in [0.2, 0.25) is 0 Å². The van der Waals surface area contributed by atoms with Crippen LogP contribution in [0.3, 0.4) is 0 Å². The van der Waals surface area contributed by atoms with Crippen LogP contribution >= 0.6 is 0 Å². The third kappa shape index (κ3) is 3.27. The molecule has 0 rings (SSSR count). The van der Waals surface area contributed by atoms with Crippen LogP contribution in [-0.2, 0) is 4.84 Å². The summed E-state index contributed by atoms with van der Waals surface area (Å²) >= 11 is 0. The summed E-state index contributed by atoms with van der Waals surface area (Å²) in [6, 6.07) is 0. The van der Waals surface area contributed by atoms with Gasteiger partial charge in [-0.05, 0) is 0 Å². The molecule has 0 bridgehead atoms. The van der Waals surface area contributed by atoms with Gasteiger partial charge in [0.15, 0.2) is 6.72 Å². The first kappa shape index (κ1) is 5.27. The molecule has 0 heterocycles. The lowest BCUT2D eigenvalue weighted by Gasteiger charge is -1.95. The van der Waals surface area contributed by atoms with Gasteiger partial charge in [-0.3, -0.25) is 5.21 Å². The molecule has 0 aromatic rings.